The van der Waals surface area contributed by atoms with Crippen molar-refractivity contribution in [2.45, 2.75) is 20.0 Å². The van der Waals surface area contributed by atoms with Gasteiger partial charge in [0.15, 0.2) is 11.5 Å². The second-order valence-corrected chi connectivity index (χ2v) is 5.82. The molecule has 0 aliphatic carbocycles. The molecule has 0 aromatic heterocycles. The fourth-order valence-electron chi connectivity index (χ4n) is 2.14. The summed E-state index contributed by atoms with van der Waals surface area (Å²) in [6.45, 7) is 3.15. The van der Waals surface area contributed by atoms with Crippen molar-refractivity contribution in [1.82, 2.24) is 0 Å². The number of benzene rings is 2. The highest BCUT2D eigenvalue weighted by Gasteiger charge is 2.15. The topological polar surface area (TPSA) is 76.7 Å². The minimum absolute atomic E-state index is 0.102. The molecular weight excluding hydrogens is 360 g/mol. The Bertz CT molecular complexity index is 677. The predicted molar refractivity (Wildman–Crippen MR) is 96.3 cm³/mol. The maximum Gasteiger partial charge on any atom is 0.161 e. The van der Waals surface area contributed by atoms with Crippen LogP contribution < -0.4 is 20.5 Å². The number of aromatic hydroxyl groups is 1. The highest BCUT2D eigenvalue weighted by molar-refractivity contribution is 9.10. The van der Waals surface area contributed by atoms with Crippen molar-refractivity contribution < 1.29 is 14.6 Å². The van der Waals surface area contributed by atoms with Gasteiger partial charge in [-0.2, -0.15) is 0 Å². The van der Waals surface area contributed by atoms with Crippen LogP contribution in [0.5, 0.6) is 17.2 Å². The van der Waals surface area contributed by atoms with Crippen LogP contribution in [0.1, 0.15) is 18.9 Å². The molecule has 0 radical (unpaired) electrons. The van der Waals surface area contributed by atoms with Gasteiger partial charge in [0.1, 0.15) is 18.0 Å². The van der Waals surface area contributed by atoms with E-state index < -0.39 is 0 Å². The van der Waals surface area contributed by atoms with Crippen molar-refractivity contribution in [2.24, 2.45) is 0 Å². The van der Waals surface area contributed by atoms with Crippen LogP contribution >= 0.6 is 15.9 Å². The third kappa shape index (κ3) is 4.01. The van der Waals surface area contributed by atoms with E-state index in [0.29, 0.717) is 17.2 Å². The van der Waals surface area contributed by atoms with Gasteiger partial charge >= 0.3 is 0 Å². The number of rotatable bonds is 7. The van der Waals surface area contributed by atoms with Crippen LogP contribution in [0.3, 0.4) is 0 Å². The Hall–Kier alpha value is -2.08. The lowest BCUT2D eigenvalue weighted by Gasteiger charge is -2.18. The molecule has 2 aromatic carbocycles. The number of methoxy groups -OCH3 is 1. The molecule has 2 rings (SSSR count). The van der Waals surface area contributed by atoms with Crippen LogP contribution in [0.2, 0.25) is 0 Å². The lowest BCUT2D eigenvalue weighted by atomic mass is 10.1. The van der Waals surface area contributed by atoms with E-state index in [-0.39, 0.29) is 12.4 Å². The molecule has 0 amide bonds. The summed E-state index contributed by atoms with van der Waals surface area (Å²) in [5.41, 5.74) is 8.39. The molecule has 0 unspecified atom stereocenters. The van der Waals surface area contributed by atoms with Crippen LogP contribution in [0.15, 0.2) is 34.8 Å². The summed E-state index contributed by atoms with van der Waals surface area (Å²) >= 11 is 3.52. The Balaban J connectivity index is 2.25. The highest BCUT2D eigenvalue weighted by Crippen LogP contribution is 2.40. The number of ether oxygens (including phenoxy) is 2. The first-order valence-electron chi connectivity index (χ1n) is 7.38. The number of hydrogen-bond donors (Lipinski definition) is 3. The summed E-state index contributed by atoms with van der Waals surface area (Å²) in [6.07, 6.45) is 0.984. The Morgan fingerprint density at radius 1 is 1.26 bits per heavy atom. The van der Waals surface area contributed by atoms with Gasteiger partial charge in [-0.1, -0.05) is 19.1 Å². The quantitative estimate of drug-likeness (QED) is 0.629. The molecule has 23 heavy (non-hydrogen) atoms. The van der Waals surface area contributed by atoms with Gasteiger partial charge in [0.05, 0.1) is 12.8 Å². The number of para-hydroxylation sites is 2. The molecule has 0 fully saturated rings. The molecule has 0 bridgehead atoms. The van der Waals surface area contributed by atoms with Crippen LogP contribution in [0.25, 0.3) is 0 Å². The number of nitrogen functional groups attached to an aromatic ring is 1. The Kier molecular flexibility index (Phi) is 5.98. The van der Waals surface area contributed by atoms with Gasteiger partial charge in [0, 0.05) is 16.6 Å². The van der Waals surface area contributed by atoms with Crippen molar-refractivity contribution in [3.05, 3.63) is 40.4 Å². The fraction of sp³-hybridized carbons (Fsp3) is 0.294. The van der Waals surface area contributed by atoms with Gasteiger partial charge < -0.3 is 25.6 Å². The van der Waals surface area contributed by atoms with Crippen molar-refractivity contribution >= 4 is 27.3 Å². The van der Waals surface area contributed by atoms with E-state index in [0.717, 1.165) is 28.7 Å². The predicted octanol–water partition coefficient (Wildman–Crippen LogP) is 4.15. The van der Waals surface area contributed by atoms with Crippen molar-refractivity contribution in [2.75, 3.05) is 24.7 Å². The summed E-state index contributed by atoms with van der Waals surface area (Å²) in [6, 6.07) is 8.71. The zero-order valence-corrected chi connectivity index (χ0v) is 14.8. The number of hydrogen-bond acceptors (Lipinski definition) is 5. The van der Waals surface area contributed by atoms with Gasteiger partial charge in [-0.3, -0.25) is 0 Å². The highest BCUT2D eigenvalue weighted by atomic mass is 79.9. The Labute approximate surface area is 144 Å². The van der Waals surface area contributed by atoms with Gasteiger partial charge in [-0.15, -0.1) is 0 Å². The molecular formula is C17H21BrN2O3. The lowest BCUT2D eigenvalue weighted by molar-refractivity contribution is 0.288. The standard InChI is InChI=1S/C17H21BrN2O3/c1-3-8-20-17-14(22-2)9-11(15(18)16(17)19)10-23-13-7-5-4-6-12(13)21/h4-7,9,20-21H,3,8,10,19H2,1-2H3. The average Bonchev–Trinajstić information content (AvgIpc) is 2.56. The first-order valence-corrected chi connectivity index (χ1v) is 8.17. The zero-order chi connectivity index (χ0) is 16.8. The minimum atomic E-state index is 0.102. The van der Waals surface area contributed by atoms with E-state index >= 15 is 0 Å². The SMILES string of the molecule is CCCNc1c(OC)cc(COc2ccccc2O)c(Br)c1N. The summed E-state index contributed by atoms with van der Waals surface area (Å²) in [7, 11) is 1.60. The molecule has 4 N–H and O–H groups in total. The van der Waals surface area contributed by atoms with Gasteiger partial charge in [-0.25, -0.2) is 0 Å². The first-order chi connectivity index (χ1) is 11.1. The molecule has 0 saturated heterocycles. The van der Waals surface area contributed by atoms with E-state index in [2.05, 4.69) is 28.2 Å². The number of anilines is 2. The number of nitrogens with two attached hydrogens (primary N) is 1. The summed E-state index contributed by atoms with van der Waals surface area (Å²) < 4.78 is 11.9. The minimum Gasteiger partial charge on any atom is -0.504 e. The van der Waals surface area contributed by atoms with Crippen LogP contribution in [0.4, 0.5) is 11.4 Å². The van der Waals surface area contributed by atoms with E-state index in [4.69, 9.17) is 15.2 Å². The average molecular weight is 381 g/mol. The molecule has 5 nitrogen and oxygen atoms in total. The fourth-order valence-corrected chi connectivity index (χ4v) is 2.57. The van der Waals surface area contributed by atoms with Crippen LogP contribution in [0, 0.1) is 0 Å². The smallest absolute Gasteiger partial charge is 0.161 e. The summed E-state index contributed by atoms with van der Waals surface area (Å²) in [4.78, 5) is 0. The summed E-state index contributed by atoms with van der Waals surface area (Å²) in [5, 5.41) is 13.0. The largest absolute Gasteiger partial charge is 0.504 e. The van der Waals surface area contributed by atoms with E-state index in [9.17, 15) is 5.11 Å². The van der Waals surface area contributed by atoms with Crippen molar-refractivity contribution in [3.8, 4) is 17.2 Å². The van der Waals surface area contributed by atoms with E-state index in [1.807, 2.05) is 6.07 Å². The number of nitrogens with one attached hydrogen (secondary N) is 1. The van der Waals surface area contributed by atoms with Crippen molar-refractivity contribution in [1.29, 1.82) is 0 Å². The van der Waals surface area contributed by atoms with Crippen LogP contribution in [-0.4, -0.2) is 18.8 Å². The summed E-state index contributed by atoms with van der Waals surface area (Å²) in [5.74, 6) is 1.19. The third-order valence-electron chi connectivity index (χ3n) is 3.36. The molecule has 0 aliphatic heterocycles. The van der Waals surface area contributed by atoms with Crippen LogP contribution in [-0.2, 0) is 6.61 Å². The van der Waals surface area contributed by atoms with Crippen molar-refractivity contribution in [3.63, 3.8) is 0 Å². The number of phenolic OH excluding ortho intramolecular Hbond substituents is 1. The maximum atomic E-state index is 9.76. The Morgan fingerprint density at radius 2 is 2.00 bits per heavy atom. The first kappa shape index (κ1) is 17.3. The van der Waals surface area contributed by atoms with E-state index in [1.165, 1.54) is 0 Å². The second kappa shape index (κ2) is 7.97. The number of phenols is 1. The molecule has 0 spiro atoms. The molecule has 2 aromatic rings. The Morgan fingerprint density at radius 3 is 2.65 bits per heavy atom. The molecule has 124 valence electrons. The molecule has 0 saturated carbocycles. The molecule has 0 atom stereocenters. The van der Waals surface area contributed by atoms with Gasteiger partial charge in [-0.05, 0) is 40.5 Å². The third-order valence-corrected chi connectivity index (χ3v) is 4.30. The van der Waals surface area contributed by atoms with E-state index in [1.54, 1.807) is 31.4 Å². The molecule has 0 aliphatic rings. The normalized spacial score (nSPS) is 10.4. The molecule has 6 heteroatoms. The zero-order valence-electron chi connectivity index (χ0n) is 13.2. The maximum absolute atomic E-state index is 9.76. The second-order valence-electron chi connectivity index (χ2n) is 5.02. The molecule has 0 heterocycles. The monoisotopic (exact) mass is 380 g/mol. The van der Waals surface area contributed by atoms with Gasteiger partial charge in [0.2, 0.25) is 0 Å². The lowest BCUT2D eigenvalue weighted by Crippen LogP contribution is -2.08. The van der Waals surface area contributed by atoms with Gasteiger partial charge in [0.25, 0.3) is 0 Å². The number of halogens is 1.